The fraction of sp³-hybridized carbons (Fsp3) is 0.158. The predicted molar refractivity (Wildman–Crippen MR) is 89.2 cm³/mol. The number of esters is 1. The topological polar surface area (TPSA) is 76.7 Å². The Balaban J connectivity index is 1.88. The Bertz CT molecular complexity index is 985. The van der Waals surface area contributed by atoms with Crippen LogP contribution in [0.3, 0.4) is 0 Å². The maximum absolute atomic E-state index is 12.3. The SMILES string of the molecule is Cc1ccc(C(=O)OCc2cc(=O)oc3cc(O)ccc23)c(C)c1. The summed E-state index contributed by atoms with van der Waals surface area (Å²) < 4.78 is 10.4. The molecule has 0 saturated carbocycles. The second kappa shape index (κ2) is 6.20. The van der Waals surface area contributed by atoms with Crippen LogP contribution in [-0.4, -0.2) is 11.1 Å². The van der Waals surface area contributed by atoms with Crippen LogP contribution < -0.4 is 5.63 Å². The van der Waals surface area contributed by atoms with E-state index in [0.29, 0.717) is 16.5 Å². The summed E-state index contributed by atoms with van der Waals surface area (Å²) >= 11 is 0. The average molecular weight is 324 g/mol. The highest BCUT2D eigenvalue weighted by atomic mass is 16.5. The van der Waals surface area contributed by atoms with Gasteiger partial charge < -0.3 is 14.3 Å². The molecule has 24 heavy (non-hydrogen) atoms. The quantitative estimate of drug-likeness (QED) is 0.589. The van der Waals surface area contributed by atoms with E-state index in [1.807, 2.05) is 26.0 Å². The summed E-state index contributed by atoms with van der Waals surface area (Å²) in [6.45, 7) is 3.74. The third-order valence-electron chi connectivity index (χ3n) is 3.77. The van der Waals surface area contributed by atoms with Gasteiger partial charge in [-0.3, -0.25) is 0 Å². The molecule has 2 aromatic carbocycles. The number of rotatable bonds is 3. The Morgan fingerprint density at radius 2 is 1.92 bits per heavy atom. The smallest absolute Gasteiger partial charge is 0.338 e. The Labute approximate surface area is 138 Å². The second-order valence-corrected chi connectivity index (χ2v) is 5.67. The van der Waals surface area contributed by atoms with Crippen LogP contribution >= 0.6 is 0 Å². The molecule has 1 N–H and O–H groups in total. The zero-order valence-electron chi connectivity index (χ0n) is 13.3. The summed E-state index contributed by atoms with van der Waals surface area (Å²) in [4.78, 5) is 23.9. The predicted octanol–water partition coefficient (Wildman–Crippen LogP) is 3.47. The van der Waals surface area contributed by atoms with Gasteiger partial charge in [0.15, 0.2) is 0 Å². The van der Waals surface area contributed by atoms with Gasteiger partial charge in [0.25, 0.3) is 0 Å². The third kappa shape index (κ3) is 3.15. The van der Waals surface area contributed by atoms with Crippen LogP contribution in [0.1, 0.15) is 27.0 Å². The Hall–Kier alpha value is -3.08. The Morgan fingerprint density at radius 1 is 1.12 bits per heavy atom. The molecule has 3 aromatic rings. The van der Waals surface area contributed by atoms with Gasteiger partial charge >= 0.3 is 11.6 Å². The number of phenols is 1. The van der Waals surface area contributed by atoms with Crippen LogP contribution in [0.5, 0.6) is 5.75 Å². The number of fused-ring (bicyclic) bond motifs is 1. The summed E-state index contributed by atoms with van der Waals surface area (Å²) in [6.07, 6.45) is 0. The van der Waals surface area contributed by atoms with Crippen molar-refractivity contribution in [3.63, 3.8) is 0 Å². The van der Waals surface area contributed by atoms with Gasteiger partial charge in [-0.15, -0.1) is 0 Å². The third-order valence-corrected chi connectivity index (χ3v) is 3.77. The van der Waals surface area contributed by atoms with E-state index in [1.165, 1.54) is 18.2 Å². The first-order chi connectivity index (χ1) is 11.4. The van der Waals surface area contributed by atoms with Crippen molar-refractivity contribution in [2.24, 2.45) is 0 Å². The van der Waals surface area contributed by atoms with Crippen LogP contribution in [0.15, 0.2) is 51.7 Å². The minimum absolute atomic E-state index is 0.00456. The van der Waals surface area contributed by atoms with Gasteiger partial charge in [-0.1, -0.05) is 17.7 Å². The molecule has 1 heterocycles. The molecule has 0 aliphatic rings. The van der Waals surface area contributed by atoms with E-state index in [-0.39, 0.29) is 17.9 Å². The van der Waals surface area contributed by atoms with E-state index in [1.54, 1.807) is 12.1 Å². The van der Waals surface area contributed by atoms with Gasteiger partial charge in [-0.2, -0.15) is 0 Å². The summed E-state index contributed by atoms with van der Waals surface area (Å²) in [7, 11) is 0. The largest absolute Gasteiger partial charge is 0.508 e. The normalized spacial score (nSPS) is 10.8. The minimum atomic E-state index is -0.564. The highest BCUT2D eigenvalue weighted by molar-refractivity contribution is 5.91. The molecule has 0 fully saturated rings. The molecule has 0 radical (unpaired) electrons. The lowest BCUT2D eigenvalue weighted by Gasteiger charge is -2.09. The standard InChI is InChI=1S/C19H16O5/c1-11-3-5-15(12(2)7-11)19(22)23-10-13-8-18(21)24-17-9-14(20)4-6-16(13)17/h3-9,20H,10H2,1-2H3. The number of carbonyl (C=O) groups is 1. The van der Waals surface area contributed by atoms with Crippen molar-refractivity contribution in [1.82, 2.24) is 0 Å². The molecule has 3 rings (SSSR count). The lowest BCUT2D eigenvalue weighted by Crippen LogP contribution is -2.09. The summed E-state index contributed by atoms with van der Waals surface area (Å²) in [5, 5.41) is 10.1. The number of carbonyl (C=O) groups excluding carboxylic acids is 1. The molecular weight excluding hydrogens is 308 g/mol. The van der Waals surface area contributed by atoms with Gasteiger partial charge in [0.2, 0.25) is 0 Å². The van der Waals surface area contributed by atoms with Crippen LogP contribution in [-0.2, 0) is 11.3 Å². The van der Waals surface area contributed by atoms with Gasteiger partial charge in [-0.25, -0.2) is 9.59 Å². The number of benzene rings is 2. The molecule has 0 amide bonds. The summed E-state index contributed by atoms with van der Waals surface area (Å²) in [6, 6.07) is 11.2. The van der Waals surface area contributed by atoms with Gasteiger partial charge in [0.1, 0.15) is 17.9 Å². The number of aromatic hydroxyl groups is 1. The summed E-state index contributed by atoms with van der Waals surface area (Å²) in [5.41, 5.74) is 2.61. The molecule has 0 saturated heterocycles. The van der Waals surface area contributed by atoms with E-state index in [0.717, 1.165) is 11.1 Å². The molecule has 0 spiro atoms. The molecule has 0 bridgehead atoms. The van der Waals surface area contributed by atoms with Gasteiger partial charge in [0.05, 0.1) is 5.56 Å². The van der Waals surface area contributed by atoms with Gasteiger partial charge in [-0.05, 0) is 37.6 Å². The van der Waals surface area contributed by atoms with Crippen molar-refractivity contribution < 1.29 is 19.1 Å². The molecule has 0 aliphatic heterocycles. The highest BCUT2D eigenvalue weighted by Crippen LogP contribution is 2.22. The number of aryl methyl sites for hydroxylation is 2. The fourth-order valence-corrected chi connectivity index (χ4v) is 2.60. The average Bonchev–Trinajstić information content (AvgIpc) is 2.51. The number of hydrogen-bond donors (Lipinski definition) is 1. The molecule has 0 atom stereocenters. The molecule has 122 valence electrons. The van der Waals surface area contributed by atoms with E-state index in [4.69, 9.17) is 9.15 Å². The first kappa shape index (κ1) is 15.8. The van der Waals surface area contributed by atoms with E-state index in [9.17, 15) is 14.7 Å². The second-order valence-electron chi connectivity index (χ2n) is 5.67. The van der Waals surface area contributed by atoms with Crippen molar-refractivity contribution in [1.29, 1.82) is 0 Å². The van der Waals surface area contributed by atoms with Crippen LogP contribution in [0.25, 0.3) is 11.0 Å². The Kier molecular flexibility index (Phi) is 4.08. The first-order valence-electron chi connectivity index (χ1n) is 7.44. The minimum Gasteiger partial charge on any atom is -0.508 e. The molecular formula is C19H16O5. The lowest BCUT2D eigenvalue weighted by atomic mass is 10.1. The first-order valence-corrected chi connectivity index (χ1v) is 7.44. The molecule has 5 heteroatoms. The zero-order valence-corrected chi connectivity index (χ0v) is 13.3. The summed E-state index contributed by atoms with van der Waals surface area (Å²) in [5.74, 6) is -0.456. The molecule has 1 aromatic heterocycles. The lowest BCUT2D eigenvalue weighted by molar-refractivity contribution is 0.0473. The monoisotopic (exact) mass is 324 g/mol. The van der Waals surface area contributed by atoms with Crippen molar-refractivity contribution in [3.05, 3.63) is 75.1 Å². The van der Waals surface area contributed by atoms with Crippen LogP contribution in [0.4, 0.5) is 0 Å². The van der Waals surface area contributed by atoms with E-state index < -0.39 is 11.6 Å². The number of hydrogen-bond acceptors (Lipinski definition) is 5. The van der Waals surface area contributed by atoms with Crippen molar-refractivity contribution >= 4 is 16.9 Å². The van der Waals surface area contributed by atoms with E-state index in [2.05, 4.69) is 0 Å². The number of ether oxygens (including phenoxy) is 1. The molecule has 5 nitrogen and oxygen atoms in total. The zero-order chi connectivity index (χ0) is 17.3. The van der Waals surface area contributed by atoms with Crippen molar-refractivity contribution in [3.8, 4) is 5.75 Å². The maximum Gasteiger partial charge on any atom is 0.338 e. The van der Waals surface area contributed by atoms with Crippen LogP contribution in [0, 0.1) is 13.8 Å². The highest BCUT2D eigenvalue weighted by Gasteiger charge is 2.13. The maximum atomic E-state index is 12.3. The number of phenolic OH excluding ortho intramolecular Hbond substituents is 1. The van der Waals surface area contributed by atoms with Crippen molar-refractivity contribution in [2.45, 2.75) is 20.5 Å². The van der Waals surface area contributed by atoms with Gasteiger partial charge in [0, 0.05) is 23.1 Å². The Morgan fingerprint density at radius 3 is 2.67 bits per heavy atom. The molecule has 0 unspecified atom stereocenters. The fourth-order valence-electron chi connectivity index (χ4n) is 2.60. The molecule has 0 aliphatic carbocycles. The van der Waals surface area contributed by atoms with E-state index >= 15 is 0 Å². The van der Waals surface area contributed by atoms with Crippen LogP contribution in [0.2, 0.25) is 0 Å². The van der Waals surface area contributed by atoms with Crippen molar-refractivity contribution in [2.75, 3.05) is 0 Å².